The Kier molecular flexibility index (Phi) is 4.91. The van der Waals surface area contributed by atoms with E-state index in [2.05, 4.69) is 19.3 Å². The first-order valence-corrected chi connectivity index (χ1v) is 5.99. The summed E-state index contributed by atoms with van der Waals surface area (Å²) in [4.78, 5) is 12.7. The zero-order valence-electron chi connectivity index (χ0n) is 11.0. The molecule has 0 fully saturated rings. The van der Waals surface area contributed by atoms with Crippen molar-refractivity contribution in [1.82, 2.24) is 0 Å². The highest BCUT2D eigenvalue weighted by molar-refractivity contribution is 5.76. The van der Waals surface area contributed by atoms with E-state index < -0.39 is 4.92 Å². The van der Waals surface area contributed by atoms with Crippen LogP contribution in [0.25, 0.3) is 0 Å². The lowest BCUT2D eigenvalue weighted by Gasteiger charge is -2.26. The summed E-state index contributed by atoms with van der Waals surface area (Å²) in [5, 5.41) is 11.2. The van der Waals surface area contributed by atoms with Gasteiger partial charge in [-0.3, -0.25) is 16.0 Å². The Bertz CT molecular complexity index is 423. The normalized spacial score (nSPS) is 12.0. The summed E-state index contributed by atoms with van der Waals surface area (Å²) in [7, 11) is 1.86. The number of rotatable bonds is 6. The van der Waals surface area contributed by atoms with Gasteiger partial charge in [-0.25, -0.2) is 0 Å². The third kappa shape index (κ3) is 2.89. The minimum absolute atomic E-state index is 0.0189. The Morgan fingerprint density at radius 2 is 2.22 bits per heavy atom. The maximum Gasteiger partial charge on any atom is 0.316 e. The van der Waals surface area contributed by atoms with Crippen molar-refractivity contribution in [1.29, 1.82) is 0 Å². The molecular weight excluding hydrogens is 232 g/mol. The molecule has 3 N–H and O–H groups in total. The second kappa shape index (κ2) is 6.20. The third-order valence-electron chi connectivity index (χ3n) is 3.10. The maximum absolute atomic E-state index is 11.2. The Balaban J connectivity index is 3.19. The number of nitro groups is 1. The number of hydrazine groups is 1. The van der Waals surface area contributed by atoms with Gasteiger partial charge in [0, 0.05) is 13.1 Å². The van der Waals surface area contributed by atoms with Gasteiger partial charge in [0.05, 0.1) is 4.92 Å². The fourth-order valence-corrected chi connectivity index (χ4v) is 1.97. The average Bonchev–Trinajstić information content (AvgIpc) is 2.36. The van der Waals surface area contributed by atoms with Crippen molar-refractivity contribution < 1.29 is 4.92 Å². The summed E-state index contributed by atoms with van der Waals surface area (Å²) in [6.07, 6.45) is 2.02. The average molecular weight is 252 g/mol. The van der Waals surface area contributed by atoms with Crippen LogP contribution in [0.2, 0.25) is 0 Å². The highest BCUT2D eigenvalue weighted by Gasteiger charge is 2.23. The van der Waals surface area contributed by atoms with Crippen LogP contribution in [0.4, 0.5) is 17.1 Å². The van der Waals surface area contributed by atoms with Crippen molar-refractivity contribution in [2.45, 2.75) is 32.7 Å². The molecule has 1 rings (SSSR count). The van der Waals surface area contributed by atoms with Gasteiger partial charge in [0.2, 0.25) is 0 Å². The Morgan fingerprint density at radius 1 is 1.56 bits per heavy atom. The van der Waals surface area contributed by atoms with Gasteiger partial charge in [-0.15, -0.1) is 0 Å². The van der Waals surface area contributed by atoms with Crippen LogP contribution in [0.1, 0.15) is 26.7 Å². The Morgan fingerprint density at radius 3 is 2.72 bits per heavy atom. The molecule has 0 radical (unpaired) electrons. The van der Waals surface area contributed by atoms with Crippen molar-refractivity contribution >= 4 is 17.1 Å². The fourth-order valence-electron chi connectivity index (χ4n) is 1.97. The zero-order valence-corrected chi connectivity index (χ0v) is 11.0. The van der Waals surface area contributed by atoms with E-state index >= 15 is 0 Å². The predicted molar refractivity (Wildman–Crippen MR) is 73.7 cm³/mol. The SMILES string of the molecule is CCCC(C)N(C)c1cccc(NN)c1[N+](=O)[O-]. The topological polar surface area (TPSA) is 84.4 Å². The molecular formula is C12H20N4O2. The number of benzene rings is 1. The van der Waals surface area contributed by atoms with Gasteiger partial charge in [-0.2, -0.15) is 0 Å². The van der Waals surface area contributed by atoms with Gasteiger partial charge < -0.3 is 10.3 Å². The van der Waals surface area contributed by atoms with Gasteiger partial charge >= 0.3 is 5.69 Å². The van der Waals surface area contributed by atoms with E-state index in [0.717, 1.165) is 12.8 Å². The van der Waals surface area contributed by atoms with Gasteiger partial charge in [0.25, 0.3) is 0 Å². The summed E-state index contributed by atoms with van der Waals surface area (Å²) in [6, 6.07) is 5.33. The number of para-hydroxylation sites is 1. The van der Waals surface area contributed by atoms with Gasteiger partial charge in [0.15, 0.2) is 0 Å². The van der Waals surface area contributed by atoms with Crippen molar-refractivity contribution in [3.05, 3.63) is 28.3 Å². The number of anilines is 2. The third-order valence-corrected chi connectivity index (χ3v) is 3.10. The van der Waals surface area contributed by atoms with Crippen molar-refractivity contribution in [3.8, 4) is 0 Å². The van der Waals surface area contributed by atoms with Crippen molar-refractivity contribution in [3.63, 3.8) is 0 Å². The van der Waals surface area contributed by atoms with E-state index in [0.29, 0.717) is 11.4 Å². The second-order valence-electron chi connectivity index (χ2n) is 4.32. The Hall–Kier alpha value is -1.82. The van der Waals surface area contributed by atoms with E-state index in [9.17, 15) is 10.1 Å². The van der Waals surface area contributed by atoms with Crippen LogP contribution in [-0.2, 0) is 0 Å². The summed E-state index contributed by atoms with van der Waals surface area (Å²) in [6.45, 7) is 4.15. The molecule has 100 valence electrons. The number of nitrogens with two attached hydrogens (primary N) is 1. The minimum atomic E-state index is -0.403. The molecule has 1 aromatic carbocycles. The lowest BCUT2D eigenvalue weighted by atomic mass is 10.1. The molecule has 18 heavy (non-hydrogen) atoms. The maximum atomic E-state index is 11.2. The first kappa shape index (κ1) is 14.2. The van der Waals surface area contributed by atoms with Crippen LogP contribution in [-0.4, -0.2) is 18.0 Å². The monoisotopic (exact) mass is 252 g/mol. The Labute approximate surface area is 107 Å². The molecule has 6 nitrogen and oxygen atoms in total. The number of nitrogen functional groups attached to an aromatic ring is 1. The molecule has 0 aliphatic heterocycles. The number of nitro benzene ring substituents is 1. The van der Waals surface area contributed by atoms with E-state index in [1.54, 1.807) is 18.2 Å². The summed E-state index contributed by atoms with van der Waals surface area (Å²) < 4.78 is 0. The van der Waals surface area contributed by atoms with Crippen LogP contribution >= 0.6 is 0 Å². The highest BCUT2D eigenvalue weighted by atomic mass is 16.6. The summed E-state index contributed by atoms with van der Waals surface area (Å²) in [5.74, 6) is 5.32. The van der Waals surface area contributed by atoms with Crippen LogP contribution in [0.5, 0.6) is 0 Å². The quantitative estimate of drug-likeness (QED) is 0.461. The molecule has 0 bridgehead atoms. The van der Waals surface area contributed by atoms with E-state index in [1.165, 1.54) is 0 Å². The van der Waals surface area contributed by atoms with Crippen molar-refractivity contribution in [2.75, 3.05) is 17.4 Å². The summed E-state index contributed by atoms with van der Waals surface area (Å²) >= 11 is 0. The van der Waals surface area contributed by atoms with E-state index in [-0.39, 0.29) is 11.7 Å². The molecule has 0 aromatic heterocycles. The number of hydrogen-bond donors (Lipinski definition) is 2. The summed E-state index contributed by atoms with van der Waals surface area (Å²) in [5.41, 5.74) is 3.30. The highest BCUT2D eigenvalue weighted by Crippen LogP contribution is 2.35. The molecule has 0 saturated carbocycles. The molecule has 1 unspecified atom stereocenters. The molecule has 0 aliphatic rings. The van der Waals surface area contributed by atoms with Crippen LogP contribution in [0.15, 0.2) is 18.2 Å². The van der Waals surface area contributed by atoms with E-state index in [1.807, 2.05) is 11.9 Å². The lowest BCUT2D eigenvalue weighted by molar-refractivity contribution is -0.383. The van der Waals surface area contributed by atoms with Crippen molar-refractivity contribution in [2.24, 2.45) is 5.84 Å². The number of nitrogens with zero attached hydrogens (tertiary/aromatic N) is 2. The first-order valence-electron chi connectivity index (χ1n) is 5.99. The molecule has 1 atom stereocenters. The standard InChI is InChI=1S/C12H20N4O2/c1-4-6-9(2)15(3)11-8-5-7-10(14-13)12(11)16(17)18/h5,7-9,14H,4,6,13H2,1-3H3. The largest absolute Gasteiger partial charge is 0.366 e. The van der Waals surface area contributed by atoms with Crippen LogP contribution in [0.3, 0.4) is 0 Å². The fraction of sp³-hybridized carbons (Fsp3) is 0.500. The molecule has 0 saturated heterocycles. The number of nitrogens with one attached hydrogen (secondary N) is 1. The lowest BCUT2D eigenvalue weighted by Crippen LogP contribution is -2.29. The molecule has 0 amide bonds. The van der Waals surface area contributed by atoms with Crippen LogP contribution in [0, 0.1) is 10.1 Å². The molecule has 6 heteroatoms. The molecule has 1 aromatic rings. The van der Waals surface area contributed by atoms with Gasteiger partial charge in [0.1, 0.15) is 11.4 Å². The first-order chi connectivity index (χ1) is 8.52. The van der Waals surface area contributed by atoms with Gasteiger partial charge in [-0.05, 0) is 25.5 Å². The zero-order chi connectivity index (χ0) is 13.7. The second-order valence-corrected chi connectivity index (χ2v) is 4.32. The molecule has 0 heterocycles. The molecule has 0 aliphatic carbocycles. The number of hydrogen-bond acceptors (Lipinski definition) is 5. The van der Waals surface area contributed by atoms with E-state index in [4.69, 9.17) is 5.84 Å². The van der Waals surface area contributed by atoms with Crippen LogP contribution < -0.4 is 16.2 Å². The minimum Gasteiger partial charge on any atom is -0.366 e. The smallest absolute Gasteiger partial charge is 0.316 e. The van der Waals surface area contributed by atoms with Gasteiger partial charge in [-0.1, -0.05) is 19.4 Å². The molecule has 0 spiro atoms. The predicted octanol–water partition coefficient (Wildman–Crippen LogP) is 2.51.